The van der Waals surface area contributed by atoms with E-state index in [-0.39, 0.29) is 21.4 Å². The van der Waals surface area contributed by atoms with Gasteiger partial charge in [-0.15, -0.1) is 5.10 Å². The maximum Gasteiger partial charge on any atom is 0.290 e. The molecule has 0 unspecified atom stereocenters. The summed E-state index contributed by atoms with van der Waals surface area (Å²) >= 11 is 11.9. The third-order valence-electron chi connectivity index (χ3n) is 2.01. The lowest BCUT2D eigenvalue weighted by Gasteiger charge is -2.05. The molecule has 2 aromatic rings. The molecule has 1 aromatic heterocycles. The number of nitrogens with zero attached hydrogens (tertiary/aromatic N) is 4. The monoisotopic (exact) mass is 271 g/mol. The van der Waals surface area contributed by atoms with Gasteiger partial charge in [-0.05, 0) is 13.0 Å². The SMILES string of the molecule is [CH2]c1cn(-c2c(Cl)ccc([N+](=O)[O-])c2Cl)nn1. The highest BCUT2D eigenvalue weighted by atomic mass is 35.5. The van der Waals surface area contributed by atoms with Crippen LogP contribution in [0.2, 0.25) is 10.0 Å². The van der Waals surface area contributed by atoms with Gasteiger partial charge < -0.3 is 0 Å². The second-order valence-corrected chi connectivity index (χ2v) is 3.93. The number of aromatic nitrogens is 3. The molecule has 0 spiro atoms. The molecule has 0 amide bonds. The minimum atomic E-state index is -0.593. The van der Waals surface area contributed by atoms with Crippen LogP contribution in [0.5, 0.6) is 0 Å². The van der Waals surface area contributed by atoms with E-state index in [1.807, 2.05) is 0 Å². The summed E-state index contributed by atoms with van der Waals surface area (Å²) in [4.78, 5) is 10.1. The Labute approximate surface area is 106 Å². The number of nitro benzene ring substituents is 1. The first-order chi connectivity index (χ1) is 8.00. The lowest BCUT2D eigenvalue weighted by molar-refractivity contribution is -0.384. The average Bonchev–Trinajstić information content (AvgIpc) is 2.64. The molecule has 0 aliphatic heterocycles. The van der Waals surface area contributed by atoms with E-state index >= 15 is 0 Å². The average molecular weight is 272 g/mol. The van der Waals surface area contributed by atoms with Gasteiger partial charge in [0.15, 0.2) is 0 Å². The summed E-state index contributed by atoms with van der Waals surface area (Å²) in [6.45, 7) is 3.57. The molecule has 1 heterocycles. The molecule has 8 heteroatoms. The van der Waals surface area contributed by atoms with Crippen molar-refractivity contribution in [3.05, 3.63) is 51.1 Å². The minimum absolute atomic E-state index is 0.0904. The molecule has 0 fully saturated rings. The van der Waals surface area contributed by atoms with Gasteiger partial charge in [0.25, 0.3) is 5.69 Å². The van der Waals surface area contributed by atoms with Crippen LogP contribution in [0.15, 0.2) is 18.3 Å². The zero-order valence-electron chi connectivity index (χ0n) is 8.30. The number of nitro groups is 1. The van der Waals surface area contributed by atoms with Gasteiger partial charge >= 0.3 is 0 Å². The van der Waals surface area contributed by atoms with Crippen LogP contribution >= 0.6 is 23.2 Å². The summed E-state index contributed by atoms with van der Waals surface area (Å²) < 4.78 is 1.25. The Morgan fingerprint density at radius 3 is 2.65 bits per heavy atom. The highest BCUT2D eigenvalue weighted by Crippen LogP contribution is 2.35. The number of hydrogen-bond donors (Lipinski definition) is 0. The van der Waals surface area contributed by atoms with Crippen molar-refractivity contribution >= 4 is 28.9 Å². The molecule has 0 aliphatic carbocycles. The Morgan fingerprint density at radius 1 is 1.41 bits per heavy atom. The Morgan fingerprint density at radius 2 is 2.12 bits per heavy atom. The van der Waals surface area contributed by atoms with Crippen LogP contribution in [0.25, 0.3) is 5.69 Å². The van der Waals surface area contributed by atoms with Crippen LogP contribution in [0, 0.1) is 17.0 Å². The third kappa shape index (κ3) is 2.09. The lowest BCUT2D eigenvalue weighted by atomic mass is 10.3. The van der Waals surface area contributed by atoms with E-state index in [9.17, 15) is 10.1 Å². The Balaban J connectivity index is 2.68. The fourth-order valence-electron chi connectivity index (χ4n) is 1.29. The first-order valence-corrected chi connectivity index (χ1v) is 5.13. The van der Waals surface area contributed by atoms with Gasteiger partial charge in [-0.2, -0.15) is 0 Å². The van der Waals surface area contributed by atoms with Gasteiger partial charge in [-0.25, -0.2) is 4.68 Å². The molecular formula is C9H5Cl2N4O2. The van der Waals surface area contributed by atoms with Gasteiger partial charge in [-0.3, -0.25) is 10.1 Å². The maximum absolute atomic E-state index is 10.7. The van der Waals surface area contributed by atoms with Crippen LogP contribution < -0.4 is 0 Å². The molecule has 1 aromatic carbocycles. The van der Waals surface area contributed by atoms with Crippen LogP contribution in [0.3, 0.4) is 0 Å². The topological polar surface area (TPSA) is 73.8 Å². The van der Waals surface area contributed by atoms with E-state index in [1.165, 1.54) is 23.0 Å². The van der Waals surface area contributed by atoms with E-state index < -0.39 is 4.92 Å². The number of hydrogen-bond acceptors (Lipinski definition) is 4. The van der Waals surface area contributed by atoms with Crippen LogP contribution in [-0.2, 0) is 0 Å². The van der Waals surface area contributed by atoms with Gasteiger partial charge in [0.1, 0.15) is 10.7 Å². The van der Waals surface area contributed by atoms with Crippen molar-refractivity contribution in [2.45, 2.75) is 0 Å². The first-order valence-electron chi connectivity index (χ1n) is 4.38. The predicted molar refractivity (Wildman–Crippen MR) is 62.5 cm³/mol. The van der Waals surface area contributed by atoms with Crippen LogP contribution in [-0.4, -0.2) is 19.9 Å². The van der Waals surface area contributed by atoms with Gasteiger partial charge in [-0.1, -0.05) is 28.4 Å². The zero-order chi connectivity index (χ0) is 12.6. The normalized spacial score (nSPS) is 10.5. The second-order valence-electron chi connectivity index (χ2n) is 3.14. The summed E-state index contributed by atoms with van der Waals surface area (Å²) in [5, 5.41) is 18.3. The smallest absolute Gasteiger partial charge is 0.258 e. The molecule has 0 saturated carbocycles. The van der Waals surface area contributed by atoms with Crippen molar-refractivity contribution in [3.63, 3.8) is 0 Å². The summed E-state index contributed by atoms with van der Waals surface area (Å²) in [5.41, 5.74) is 0.376. The van der Waals surface area contributed by atoms with E-state index in [4.69, 9.17) is 23.2 Å². The van der Waals surface area contributed by atoms with Crippen molar-refractivity contribution in [1.82, 2.24) is 15.0 Å². The number of benzene rings is 1. The first kappa shape index (κ1) is 11.8. The van der Waals surface area contributed by atoms with Crippen molar-refractivity contribution in [2.24, 2.45) is 0 Å². The quantitative estimate of drug-likeness (QED) is 0.622. The molecule has 2 rings (SSSR count). The van der Waals surface area contributed by atoms with Gasteiger partial charge in [0.2, 0.25) is 0 Å². The summed E-state index contributed by atoms with van der Waals surface area (Å²) in [7, 11) is 0. The van der Waals surface area contributed by atoms with E-state index in [1.54, 1.807) is 0 Å². The molecule has 0 saturated heterocycles. The molecule has 6 nitrogen and oxygen atoms in total. The summed E-state index contributed by atoms with van der Waals surface area (Å²) in [5.74, 6) is 0. The van der Waals surface area contributed by atoms with E-state index in [0.717, 1.165) is 0 Å². The highest BCUT2D eigenvalue weighted by Gasteiger charge is 2.20. The second kappa shape index (κ2) is 4.31. The van der Waals surface area contributed by atoms with Gasteiger partial charge in [0.05, 0.1) is 21.8 Å². The lowest BCUT2D eigenvalue weighted by Crippen LogP contribution is -2.00. The largest absolute Gasteiger partial charge is 0.290 e. The fourth-order valence-corrected chi connectivity index (χ4v) is 1.90. The standard InChI is InChI=1S/C9H5Cl2N4O2/c1-5-4-14(13-12-5)9-6(10)2-3-7(8(9)11)15(16)17/h2-4H,1H2. The number of halogens is 2. The molecule has 87 valence electrons. The Kier molecular flexibility index (Phi) is 2.99. The van der Waals surface area contributed by atoms with E-state index in [2.05, 4.69) is 17.2 Å². The molecule has 1 radical (unpaired) electrons. The molecule has 17 heavy (non-hydrogen) atoms. The number of rotatable bonds is 2. The fraction of sp³-hybridized carbons (Fsp3) is 0. The van der Waals surface area contributed by atoms with Crippen molar-refractivity contribution in [1.29, 1.82) is 0 Å². The molecule has 0 atom stereocenters. The molecule has 0 aliphatic rings. The third-order valence-corrected chi connectivity index (χ3v) is 2.69. The molecular weight excluding hydrogens is 267 g/mol. The summed E-state index contributed by atoms with van der Waals surface area (Å²) in [6.07, 6.45) is 1.47. The zero-order valence-corrected chi connectivity index (χ0v) is 9.81. The molecule has 0 N–H and O–H groups in total. The van der Waals surface area contributed by atoms with Crippen LogP contribution in [0.4, 0.5) is 5.69 Å². The van der Waals surface area contributed by atoms with Crippen molar-refractivity contribution in [2.75, 3.05) is 0 Å². The van der Waals surface area contributed by atoms with Crippen molar-refractivity contribution < 1.29 is 4.92 Å². The van der Waals surface area contributed by atoms with Gasteiger partial charge in [0, 0.05) is 6.07 Å². The maximum atomic E-state index is 10.7. The van der Waals surface area contributed by atoms with Crippen molar-refractivity contribution in [3.8, 4) is 5.69 Å². The Bertz CT molecular complexity index is 597. The predicted octanol–water partition coefficient (Wildman–Crippen LogP) is 2.66. The van der Waals surface area contributed by atoms with E-state index in [0.29, 0.717) is 5.69 Å². The van der Waals surface area contributed by atoms with Crippen LogP contribution in [0.1, 0.15) is 5.69 Å². The summed E-state index contributed by atoms with van der Waals surface area (Å²) in [6, 6.07) is 2.61. The Hall–Kier alpha value is -1.66. The minimum Gasteiger partial charge on any atom is -0.258 e. The highest BCUT2D eigenvalue weighted by molar-refractivity contribution is 6.39. The molecule has 0 bridgehead atoms.